The fraction of sp³-hybridized carbons (Fsp3) is 0.375. The number of aliphatic hydroxyl groups is 1. The minimum atomic E-state index is -0.322. The van der Waals surface area contributed by atoms with Crippen LogP contribution in [0.3, 0.4) is 0 Å². The van der Waals surface area contributed by atoms with Gasteiger partial charge in [-0.25, -0.2) is 9.37 Å². The minimum absolute atomic E-state index is 0.130. The highest BCUT2D eigenvalue weighted by molar-refractivity contribution is 9.10. The van der Waals surface area contributed by atoms with Crippen molar-refractivity contribution in [2.24, 2.45) is 0 Å². The summed E-state index contributed by atoms with van der Waals surface area (Å²) in [6, 6.07) is 1.38. The molecule has 1 rings (SSSR count). The molecule has 5 heteroatoms. The van der Waals surface area contributed by atoms with Crippen LogP contribution in [0.1, 0.15) is 6.42 Å². The molecule has 72 valence electrons. The molecule has 0 spiro atoms. The van der Waals surface area contributed by atoms with Crippen LogP contribution in [0.5, 0.6) is 0 Å². The molecule has 0 saturated heterocycles. The minimum Gasteiger partial charge on any atom is -0.396 e. The average Bonchev–Trinajstić information content (AvgIpc) is 2.09. The number of halogens is 2. The Balaban J connectivity index is 2.56. The van der Waals surface area contributed by atoms with Crippen molar-refractivity contribution in [3.63, 3.8) is 0 Å². The van der Waals surface area contributed by atoms with Crippen LogP contribution in [0.2, 0.25) is 0 Å². The first-order valence-electron chi connectivity index (χ1n) is 3.78. The third kappa shape index (κ3) is 3.62. The van der Waals surface area contributed by atoms with E-state index in [4.69, 9.17) is 5.11 Å². The van der Waals surface area contributed by atoms with Crippen LogP contribution < -0.4 is 0 Å². The van der Waals surface area contributed by atoms with Gasteiger partial charge in [-0.2, -0.15) is 0 Å². The summed E-state index contributed by atoms with van der Waals surface area (Å²) in [6.07, 6.45) is 2.21. The number of rotatable bonds is 4. The van der Waals surface area contributed by atoms with Crippen molar-refractivity contribution < 1.29 is 9.50 Å². The molecule has 0 saturated carbocycles. The Kier molecular flexibility index (Phi) is 4.69. The highest BCUT2D eigenvalue weighted by Crippen LogP contribution is 2.21. The molecule has 0 fully saturated rings. The van der Waals surface area contributed by atoms with Gasteiger partial charge in [0, 0.05) is 23.0 Å². The lowest BCUT2D eigenvalue weighted by molar-refractivity contribution is 0.296. The summed E-state index contributed by atoms with van der Waals surface area (Å²) in [6.45, 7) is 0.130. The number of thioether (sulfide) groups is 1. The highest BCUT2D eigenvalue weighted by atomic mass is 79.9. The predicted octanol–water partition coefficient (Wildman–Crippen LogP) is 2.46. The first-order chi connectivity index (χ1) is 6.24. The maximum absolute atomic E-state index is 13.1. The van der Waals surface area contributed by atoms with Crippen molar-refractivity contribution in [3.8, 4) is 0 Å². The topological polar surface area (TPSA) is 33.1 Å². The van der Waals surface area contributed by atoms with Crippen molar-refractivity contribution >= 4 is 27.7 Å². The lowest BCUT2D eigenvalue weighted by Crippen LogP contribution is -1.90. The second-order valence-electron chi connectivity index (χ2n) is 2.37. The van der Waals surface area contributed by atoms with Gasteiger partial charge in [0.15, 0.2) is 5.82 Å². The van der Waals surface area contributed by atoms with Crippen LogP contribution in [0.15, 0.2) is 21.8 Å². The summed E-state index contributed by atoms with van der Waals surface area (Å²) in [5.41, 5.74) is 0. The molecular formula is C8H9BrFNOS. The Morgan fingerprint density at radius 2 is 2.38 bits per heavy atom. The van der Waals surface area contributed by atoms with Crippen LogP contribution in [0.4, 0.5) is 4.39 Å². The van der Waals surface area contributed by atoms with Gasteiger partial charge in [-0.1, -0.05) is 0 Å². The maximum Gasteiger partial charge on any atom is 0.156 e. The Morgan fingerprint density at radius 1 is 1.62 bits per heavy atom. The first kappa shape index (κ1) is 10.9. The molecule has 1 N–H and O–H groups in total. The zero-order valence-electron chi connectivity index (χ0n) is 6.83. The van der Waals surface area contributed by atoms with Gasteiger partial charge in [-0.3, -0.25) is 0 Å². The van der Waals surface area contributed by atoms with E-state index < -0.39 is 0 Å². The molecule has 0 bridgehead atoms. The second kappa shape index (κ2) is 5.57. The number of aliphatic hydroxyl groups excluding tert-OH is 1. The van der Waals surface area contributed by atoms with E-state index in [0.717, 1.165) is 0 Å². The van der Waals surface area contributed by atoms with Crippen LogP contribution >= 0.6 is 27.7 Å². The highest BCUT2D eigenvalue weighted by Gasteiger charge is 2.04. The SMILES string of the molecule is OCCCSc1ncc(Br)cc1F. The maximum atomic E-state index is 13.1. The van der Waals surface area contributed by atoms with Crippen molar-refractivity contribution in [1.82, 2.24) is 4.98 Å². The molecule has 1 heterocycles. The fourth-order valence-corrected chi connectivity index (χ4v) is 1.84. The van der Waals surface area contributed by atoms with Gasteiger partial charge in [0.2, 0.25) is 0 Å². The van der Waals surface area contributed by atoms with E-state index in [0.29, 0.717) is 21.7 Å². The number of pyridine rings is 1. The molecule has 0 atom stereocenters. The molecule has 0 aliphatic carbocycles. The summed E-state index contributed by atoms with van der Waals surface area (Å²) < 4.78 is 13.7. The third-order valence-electron chi connectivity index (χ3n) is 1.32. The molecule has 1 aromatic heterocycles. The first-order valence-corrected chi connectivity index (χ1v) is 5.56. The van der Waals surface area contributed by atoms with E-state index in [-0.39, 0.29) is 12.4 Å². The Labute approximate surface area is 88.7 Å². The molecule has 0 radical (unpaired) electrons. The number of aromatic nitrogens is 1. The van der Waals surface area contributed by atoms with E-state index in [1.54, 1.807) is 6.20 Å². The summed E-state index contributed by atoms with van der Waals surface area (Å²) in [4.78, 5) is 3.91. The van der Waals surface area contributed by atoms with Gasteiger partial charge in [0.25, 0.3) is 0 Å². The lowest BCUT2D eigenvalue weighted by Gasteiger charge is -2.00. The molecule has 0 aliphatic heterocycles. The zero-order chi connectivity index (χ0) is 9.68. The molecule has 0 aromatic carbocycles. The van der Waals surface area contributed by atoms with E-state index in [1.165, 1.54) is 17.8 Å². The quantitative estimate of drug-likeness (QED) is 0.671. The summed E-state index contributed by atoms with van der Waals surface area (Å²) in [5.74, 6) is 0.361. The van der Waals surface area contributed by atoms with Gasteiger partial charge in [0.05, 0.1) is 0 Å². The predicted molar refractivity (Wildman–Crippen MR) is 54.3 cm³/mol. The van der Waals surface area contributed by atoms with Crippen LogP contribution in [-0.2, 0) is 0 Å². The van der Waals surface area contributed by atoms with Gasteiger partial charge in [0.1, 0.15) is 5.03 Å². The second-order valence-corrected chi connectivity index (χ2v) is 4.37. The van der Waals surface area contributed by atoms with Crippen LogP contribution in [0, 0.1) is 5.82 Å². The molecule has 13 heavy (non-hydrogen) atoms. The number of nitrogens with zero attached hydrogens (tertiary/aromatic N) is 1. The Morgan fingerprint density at radius 3 is 3.00 bits per heavy atom. The van der Waals surface area contributed by atoms with E-state index >= 15 is 0 Å². The Bertz CT molecular complexity index is 285. The van der Waals surface area contributed by atoms with Crippen LogP contribution in [0.25, 0.3) is 0 Å². The average molecular weight is 266 g/mol. The van der Waals surface area contributed by atoms with Crippen molar-refractivity contribution in [1.29, 1.82) is 0 Å². The van der Waals surface area contributed by atoms with E-state index in [2.05, 4.69) is 20.9 Å². The molecule has 0 unspecified atom stereocenters. The zero-order valence-corrected chi connectivity index (χ0v) is 9.24. The van der Waals surface area contributed by atoms with Gasteiger partial charge < -0.3 is 5.11 Å². The lowest BCUT2D eigenvalue weighted by atomic mass is 10.5. The van der Waals surface area contributed by atoms with Crippen molar-refractivity contribution in [2.75, 3.05) is 12.4 Å². The molecular weight excluding hydrogens is 257 g/mol. The van der Waals surface area contributed by atoms with E-state index in [1.807, 2.05) is 0 Å². The molecule has 0 amide bonds. The normalized spacial score (nSPS) is 10.4. The van der Waals surface area contributed by atoms with Crippen molar-refractivity contribution in [2.45, 2.75) is 11.4 Å². The summed E-state index contributed by atoms with van der Waals surface area (Å²) >= 11 is 4.44. The van der Waals surface area contributed by atoms with Gasteiger partial charge in [-0.15, -0.1) is 11.8 Å². The standard InChI is InChI=1S/C8H9BrFNOS/c9-6-4-7(10)8(11-5-6)13-3-1-2-12/h4-5,12H,1-3H2. The van der Waals surface area contributed by atoms with Gasteiger partial charge >= 0.3 is 0 Å². The largest absolute Gasteiger partial charge is 0.396 e. The smallest absolute Gasteiger partial charge is 0.156 e. The summed E-state index contributed by atoms with van der Waals surface area (Å²) in [5, 5.41) is 8.91. The molecule has 2 nitrogen and oxygen atoms in total. The molecule has 1 aromatic rings. The van der Waals surface area contributed by atoms with Crippen LogP contribution in [-0.4, -0.2) is 22.5 Å². The molecule has 0 aliphatic rings. The van der Waals surface area contributed by atoms with Gasteiger partial charge in [-0.05, 0) is 28.4 Å². The monoisotopic (exact) mass is 265 g/mol. The van der Waals surface area contributed by atoms with E-state index in [9.17, 15) is 4.39 Å². The van der Waals surface area contributed by atoms with Crippen molar-refractivity contribution in [3.05, 3.63) is 22.6 Å². The Hall–Kier alpha value is -0.130. The number of hydrogen-bond acceptors (Lipinski definition) is 3. The fourth-order valence-electron chi connectivity index (χ4n) is 0.742. The third-order valence-corrected chi connectivity index (χ3v) is 2.82. The summed E-state index contributed by atoms with van der Waals surface area (Å²) in [7, 11) is 0. The number of hydrogen-bond donors (Lipinski definition) is 1.